The SMILES string of the molecule is COc1cc(Cl)ccc1C(Cl)c1ccc(F)c(C)c1. The molecule has 2 rings (SSSR count). The molecule has 0 aromatic heterocycles. The van der Waals surface area contributed by atoms with Crippen LogP contribution in [0.5, 0.6) is 5.75 Å². The molecule has 0 aliphatic heterocycles. The first kappa shape index (κ1) is 14.2. The third-order valence-corrected chi connectivity index (χ3v) is 3.67. The maximum absolute atomic E-state index is 13.3. The van der Waals surface area contributed by atoms with Crippen molar-refractivity contribution in [2.45, 2.75) is 12.3 Å². The minimum absolute atomic E-state index is 0.240. The summed E-state index contributed by atoms with van der Waals surface area (Å²) in [6.45, 7) is 1.71. The second-order valence-electron chi connectivity index (χ2n) is 4.26. The van der Waals surface area contributed by atoms with Crippen molar-refractivity contribution < 1.29 is 9.13 Å². The largest absolute Gasteiger partial charge is 0.496 e. The summed E-state index contributed by atoms with van der Waals surface area (Å²) >= 11 is 12.4. The van der Waals surface area contributed by atoms with E-state index in [1.807, 2.05) is 6.07 Å². The first-order valence-electron chi connectivity index (χ1n) is 5.76. The Labute approximate surface area is 121 Å². The Morgan fingerprint density at radius 2 is 1.89 bits per heavy atom. The zero-order valence-corrected chi connectivity index (χ0v) is 12.1. The molecule has 0 aliphatic carbocycles. The van der Waals surface area contributed by atoms with Gasteiger partial charge in [-0.05, 0) is 36.2 Å². The van der Waals surface area contributed by atoms with E-state index in [0.717, 1.165) is 11.1 Å². The van der Waals surface area contributed by atoms with Crippen molar-refractivity contribution in [1.29, 1.82) is 0 Å². The van der Waals surface area contributed by atoms with Crippen LogP contribution in [0.3, 0.4) is 0 Å². The second-order valence-corrected chi connectivity index (χ2v) is 5.13. The molecule has 0 heterocycles. The Hall–Kier alpha value is -1.25. The highest BCUT2D eigenvalue weighted by atomic mass is 35.5. The standard InChI is InChI=1S/C15H13Cl2FO/c1-9-7-10(3-6-13(9)18)15(17)12-5-4-11(16)8-14(12)19-2/h3-8,15H,1-2H3. The van der Waals surface area contributed by atoms with E-state index < -0.39 is 5.38 Å². The van der Waals surface area contributed by atoms with Crippen molar-refractivity contribution in [3.63, 3.8) is 0 Å². The van der Waals surface area contributed by atoms with E-state index in [9.17, 15) is 4.39 Å². The number of aryl methyl sites for hydroxylation is 1. The van der Waals surface area contributed by atoms with Crippen LogP contribution in [0.15, 0.2) is 36.4 Å². The fraction of sp³-hybridized carbons (Fsp3) is 0.200. The number of hydrogen-bond donors (Lipinski definition) is 0. The maximum Gasteiger partial charge on any atom is 0.126 e. The van der Waals surface area contributed by atoms with Crippen molar-refractivity contribution in [2.24, 2.45) is 0 Å². The molecule has 0 saturated carbocycles. The van der Waals surface area contributed by atoms with Crippen molar-refractivity contribution in [3.8, 4) is 5.75 Å². The molecule has 0 bridgehead atoms. The molecule has 19 heavy (non-hydrogen) atoms. The number of halogens is 3. The lowest BCUT2D eigenvalue weighted by Gasteiger charge is -2.15. The van der Waals surface area contributed by atoms with Crippen LogP contribution in [0.25, 0.3) is 0 Å². The Kier molecular flexibility index (Phi) is 4.33. The minimum Gasteiger partial charge on any atom is -0.496 e. The Morgan fingerprint density at radius 1 is 1.16 bits per heavy atom. The van der Waals surface area contributed by atoms with Crippen molar-refractivity contribution in [1.82, 2.24) is 0 Å². The van der Waals surface area contributed by atoms with Crippen LogP contribution in [0.2, 0.25) is 5.02 Å². The summed E-state index contributed by atoms with van der Waals surface area (Å²) in [5.41, 5.74) is 2.19. The van der Waals surface area contributed by atoms with Crippen molar-refractivity contribution in [2.75, 3.05) is 7.11 Å². The van der Waals surface area contributed by atoms with Gasteiger partial charge in [-0.15, -0.1) is 11.6 Å². The Bertz CT molecular complexity index is 599. The molecule has 4 heteroatoms. The fourth-order valence-electron chi connectivity index (χ4n) is 1.90. The van der Waals surface area contributed by atoms with E-state index in [1.54, 1.807) is 38.3 Å². The van der Waals surface area contributed by atoms with Gasteiger partial charge in [0, 0.05) is 10.6 Å². The van der Waals surface area contributed by atoms with Crippen molar-refractivity contribution >= 4 is 23.2 Å². The number of rotatable bonds is 3. The van der Waals surface area contributed by atoms with Gasteiger partial charge in [-0.3, -0.25) is 0 Å². The zero-order valence-electron chi connectivity index (χ0n) is 10.6. The minimum atomic E-state index is -0.411. The summed E-state index contributed by atoms with van der Waals surface area (Å²) in [6.07, 6.45) is 0. The molecule has 2 aromatic rings. The number of alkyl halides is 1. The summed E-state index contributed by atoms with van der Waals surface area (Å²) in [5.74, 6) is 0.380. The van der Waals surface area contributed by atoms with E-state index in [-0.39, 0.29) is 5.82 Å². The molecule has 0 fully saturated rings. The molecular formula is C15H13Cl2FO. The van der Waals surface area contributed by atoms with Gasteiger partial charge in [-0.1, -0.05) is 29.8 Å². The highest BCUT2D eigenvalue weighted by Gasteiger charge is 2.16. The summed E-state index contributed by atoms with van der Waals surface area (Å²) in [6, 6.07) is 10.1. The molecule has 1 atom stereocenters. The third kappa shape index (κ3) is 3.02. The van der Waals surface area contributed by atoms with E-state index in [2.05, 4.69) is 0 Å². The van der Waals surface area contributed by atoms with Crippen LogP contribution in [0.1, 0.15) is 22.1 Å². The van der Waals surface area contributed by atoms with E-state index in [0.29, 0.717) is 16.3 Å². The van der Waals surface area contributed by atoms with Crippen LogP contribution >= 0.6 is 23.2 Å². The van der Waals surface area contributed by atoms with Gasteiger partial charge in [0.1, 0.15) is 11.6 Å². The quantitative estimate of drug-likeness (QED) is 0.714. The van der Waals surface area contributed by atoms with Gasteiger partial charge < -0.3 is 4.74 Å². The zero-order chi connectivity index (χ0) is 14.0. The van der Waals surface area contributed by atoms with Gasteiger partial charge in [0.2, 0.25) is 0 Å². The molecule has 2 aromatic carbocycles. The highest BCUT2D eigenvalue weighted by Crippen LogP contribution is 2.36. The number of hydrogen-bond acceptors (Lipinski definition) is 1. The number of methoxy groups -OCH3 is 1. The average Bonchev–Trinajstić information content (AvgIpc) is 2.41. The lowest BCUT2D eigenvalue weighted by Crippen LogP contribution is -1.98. The molecule has 0 spiro atoms. The molecule has 0 radical (unpaired) electrons. The Morgan fingerprint density at radius 3 is 2.53 bits per heavy atom. The fourth-order valence-corrected chi connectivity index (χ4v) is 2.38. The summed E-state index contributed by atoms with van der Waals surface area (Å²) < 4.78 is 18.6. The molecular weight excluding hydrogens is 286 g/mol. The topological polar surface area (TPSA) is 9.23 Å². The number of ether oxygens (including phenoxy) is 1. The predicted molar refractivity (Wildman–Crippen MR) is 76.8 cm³/mol. The molecule has 1 unspecified atom stereocenters. The van der Waals surface area contributed by atoms with Gasteiger partial charge in [0.15, 0.2) is 0 Å². The first-order valence-corrected chi connectivity index (χ1v) is 6.58. The van der Waals surface area contributed by atoms with E-state index in [4.69, 9.17) is 27.9 Å². The van der Waals surface area contributed by atoms with Gasteiger partial charge in [-0.2, -0.15) is 0 Å². The highest BCUT2D eigenvalue weighted by molar-refractivity contribution is 6.30. The van der Waals surface area contributed by atoms with E-state index in [1.165, 1.54) is 6.07 Å². The van der Waals surface area contributed by atoms with Crippen LogP contribution in [-0.4, -0.2) is 7.11 Å². The monoisotopic (exact) mass is 298 g/mol. The molecule has 0 saturated heterocycles. The Balaban J connectivity index is 2.43. The van der Waals surface area contributed by atoms with Gasteiger partial charge in [0.25, 0.3) is 0 Å². The van der Waals surface area contributed by atoms with Crippen LogP contribution in [-0.2, 0) is 0 Å². The third-order valence-electron chi connectivity index (χ3n) is 2.94. The predicted octanol–water partition coefficient (Wildman–Crippen LogP) is 5.12. The van der Waals surface area contributed by atoms with Crippen molar-refractivity contribution in [3.05, 3.63) is 63.9 Å². The maximum atomic E-state index is 13.3. The lowest BCUT2D eigenvalue weighted by molar-refractivity contribution is 0.410. The molecule has 0 N–H and O–H groups in total. The van der Waals surface area contributed by atoms with Gasteiger partial charge in [-0.25, -0.2) is 4.39 Å². The van der Waals surface area contributed by atoms with Crippen LogP contribution in [0.4, 0.5) is 4.39 Å². The molecule has 100 valence electrons. The lowest BCUT2D eigenvalue weighted by atomic mass is 10.0. The normalized spacial score (nSPS) is 12.3. The van der Waals surface area contributed by atoms with Crippen LogP contribution in [0, 0.1) is 12.7 Å². The smallest absolute Gasteiger partial charge is 0.126 e. The molecule has 1 nitrogen and oxygen atoms in total. The molecule has 0 aliphatic rings. The number of benzene rings is 2. The molecule has 0 amide bonds. The summed E-state index contributed by atoms with van der Waals surface area (Å²) in [5, 5.41) is 0.172. The summed E-state index contributed by atoms with van der Waals surface area (Å²) in [4.78, 5) is 0. The second kappa shape index (κ2) is 5.81. The first-order chi connectivity index (χ1) is 9.02. The average molecular weight is 299 g/mol. The van der Waals surface area contributed by atoms with Crippen LogP contribution < -0.4 is 4.74 Å². The van der Waals surface area contributed by atoms with Gasteiger partial charge >= 0.3 is 0 Å². The van der Waals surface area contributed by atoms with E-state index >= 15 is 0 Å². The van der Waals surface area contributed by atoms with Gasteiger partial charge in [0.05, 0.1) is 12.5 Å². The summed E-state index contributed by atoms with van der Waals surface area (Å²) in [7, 11) is 1.56.